The van der Waals surface area contributed by atoms with E-state index < -0.39 is 5.91 Å². The molecule has 0 unspecified atom stereocenters. The van der Waals surface area contributed by atoms with Gasteiger partial charge in [-0.2, -0.15) is 5.10 Å². The van der Waals surface area contributed by atoms with E-state index in [0.29, 0.717) is 5.82 Å². The zero-order valence-electron chi connectivity index (χ0n) is 13.0. The Labute approximate surface area is 134 Å². The number of nitrogens with one attached hydrogen (secondary N) is 2. The molecule has 0 spiro atoms. The van der Waals surface area contributed by atoms with Gasteiger partial charge < -0.3 is 11.1 Å². The summed E-state index contributed by atoms with van der Waals surface area (Å²) in [5, 5.41) is 9.52. The Hall–Kier alpha value is -2.83. The quantitative estimate of drug-likeness (QED) is 0.721. The van der Waals surface area contributed by atoms with Crippen LogP contribution in [0.15, 0.2) is 42.6 Å². The maximum atomic E-state index is 11.9. The highest BCUT2D eigenvalue weighted by molar-refractivity contribution is 5.88. The fourth-order valence-corrected chi connectivity index (χ4v) is 2.15. The minimum absolute atomic E-state index is 0.0171. The summed E-state index contributed by atoms with van der Waals surface area (Å²) >= 11 is 0. The van der Waals surface area contributed by atoms with Crippen LogP contribution in [0.4, 0.5) is 10.6 Å². The van der Waals surface area contributed by atoms with Crippen LogP contribution in [0.1, 0.15) is 18.9 Å². The van der Waals surface area contributed by atoms with Crippen LogP contribution in [0.2, 0.25) is 0 Å². The lowest BCUT2D eigenvalue weighted by atomic mass is 10.1. The van der Waals surface area contributed by atoms with Crippen molar-refractivity contribution >= 4 is 17.8 Å². The third-order valence-electron chi connectivity index (χ3n) is 3.29. The van der Waals surface area contributed by atoms with Crippen molar-refractivity contribution in [2.75, 3.05) is 5.32 Å². The molecule has 1 aromatic carbocycles. The number of primary amides is 1. The van der Waals surface area contributed by atoms with Crippen molar-refractivity contribution in [1.29, 1.82) is 0 Å². The Morgan fingerprint density at radius 3 is 2.70 bits per heavy atom. The van der Waals surface area contributed by atoms with Crippen LogP contribution in [0.5, 0.6) is 0 Å². The summed E-state index contributed by atoms with van der Waals surface area (Å²) in [6.07, 6.45) is 3.32. The van der Waals surface area contributed by atoms with Gasteiger partial charge >= 0.3 is 6.03 Å². The average molecular weight is 315 g/mol. The van der Waals surface area contributed by atoms with Crippen LogP contribution in [0.3, 0.4) is 0 Å². The summed E-state index contributed by atoms with van der Waals surface area (Å²) < 4.78 is 1.37. The minimum atomic E-state index is -0.487. The molecule has 23 heavy (non-hydrogen) atoms. The van der Waals surface area contributed by atoms with E-state index in [1.807, 2.05) is 25.1 Å². The molecular formula is C16H21N5O2. The summed E-state index contributed by atoms with van der Waals surface area (Å²) in [5.74, 6) is -0.113. The third-order valence-corrected chi connectivity index (χ3v) is 3.29. The Kier molecular flexibility index (Phi) is 5.74. The van der Waals surface area contributed by atoms with E-state index in [1.165, 1.54) is 10.2 Å². The Morgan fingerprint density at radius 1 is 1.26 bits per heavy atom. The number of aromatic nitrogens is 2. The number of rotatable bonds is 7. The van der Waals surface area contributed by atoms with E-state index in [2.05, 4.69) is 27.9 Å². The van der Waals surface area contributed by atoms with Gasteiger partial charge in [0.05, 0.1) is 0 Å². The highest BCUT2D eigenvalue weighted by Crippen LogP contribution is 2.06. The third kappa shape index (κ3) is 5.82. The van der Waals surface area contributed by atoms with Crippen molar-refractivity contribution in [3.8, 4) is 0 Å². The predicted octanol–water partition coefficient (Wildman–Crippen LogP) is 1.51. The van der Waals surface area contributed by atoms with Crippen molar-refractivity contribution in [3.05, 3.63) is 48.2 Å². The van der Waals surface area contributed by atoms with E-state index in [0.717, 1.165) is 12.8 Å². The van der Waals surface area contributed by atoms with E-state index in [9.17, 15) is 9.59 Å². The van der Waals surface area contributed by atoms with Gasteiger partial charge in [0.15, 0.2) is 5.82 Å². The topological polar surface area (TPSA) is 102 Å². The summed E-state index contributed by atoms with van der Waals surface area (Å²) in [7, 11) is 0. The molecule has 0 aliphatic carbocycles. The number of benzene rings is 1. The molecule has 1 heterocycles. The van der Waals surface area contributed by atoms with Crippen LogP contribution >= 0.6 is 0 Å². The molecule has 0 aliphatic rings. The normalized spacial score (nSPS) is 11.7. The first-order chi connectivity index (χ1) is 11.0. The molecule has 1 atom stereocenters. The van der Waals surface area contributed by atoms with Crippen molar-refractivity contribution in [1.82, 2.24) is 15.1 Å². The standard InChI is InChI=1S/C16H21N5O2/c1-12(7-8-13-5-3-2-4-6-13)18-16(23)19-15-9-10-21(20-15)11-14(17)22/h2-6,9-10,12H,7-8,11H2,1H3,(H2,17,22)(H2,18,19,20,23)/t12-/m1/s1. The number of urea groups is 1. The monoisotopic (exact) mass is 315 g/mol. The van der Waals surface area contributed by atoms with Gasteiger partial charge in [0.1, 0.15) is 6.54 Å². The lowest BCUT2D eigenvalue weighted by molar-refractivity contribution is -0.118. The van der Waals surface area contributed by atoms with Gasteiger partial charge in [-0.1, -0.05) is 30.3 Å². The highest BCUT2D eigenvalue weighted by atomic mass is 16.2. The predicted molar refractivity (Wildman–Crippen MR) is 87.8 cm³/mol. The molecule has 0 radical (unpaired) electrons. The number of carbonyl (C=O) groups is 2. The summed E-state index contributed by atoms with van der Waals surface area (Å²) in [4.78, 5) is 22.7. The summed E-state index contributed by atoms with van der Waals surface area (Å²) in [5.41, 5.74) is 6.33. The first-order valence-corrected chi connectivity index (χ1v) is 7.46. The van der Waals surface area contributed by atoms with Gasteiger partial charge in [-0.25, -0.2) is 4.79 Å². The fraction of sp³-hybridized carbons (Fsp3) is 0.312. The van der Waals surface area contributed by atoms with E-state index in [1.54, 1.807) is 12.3 Å². The molecule has 2 aromatic rings. The highest BCUT2D eigenvalue weighted by Gasteiger charge is 2.09. The van der Waals surface area contributed by atoms with Crippen LogP contribution in [-0.2, 0) is 17.8 Å². The molecule has 3 amide bonds. The molecule has 4 N–H and O–H groups in total. The smallest absolute Gasteiger partial charge is 0.320 e. The number of nitrogens with zero attached hydrogens (tertiary/aromatic N) is 2. The van der Waals surface area contributed by atoms with Crippen LogP contribution < -0.4 is 16.4 Å². The van der Waals surface area contributed by atoms with E-state index in [4.69, 9.17) is 5.73 Å². The number of aryl methyl sites for hydroxylation is 1. The first kappa shape index (κ1) is 16.5. The van der Waals surface area contributed by atoms with Crippen LogP contribution in [0, 0.1) is 0 Å². The SMILES string of the molecule is C[C@H](CCc1ccccc1)NC(=O)Nc1ccn(CC(N)=O)n1. The second kappa shape index (κ2) is 7.98. The molecule has 0 fully saturated rings. The van der Waals surface area contributed by atoms with E-state index in [-0.39, 0.29) is 18.6 Å². The molecule has 7 nitrogen and oxygen atoms in total. The van der Waals surface area contributed by atoms with Gasteiger partial charge in [0.2, 0.25) is 5.91 Å². The molecular weight excluding hydrogens is 294 g/mol. The number of hydrogen-bond acceptors (Lipinski definition) is 3. The zero-order valence-corrected chi connectivity index (χ0v) is 13.0. The van der Waals surface area contributed by atoms with Crippen LogP contribution in [0.25, 0.3) is 0 Å². The first-order valence-electron chi connectivity index (χ1n) is 7.46. The summed E-state index contributed by atoms with van der Waals surface area (Å²) in [6.45, 7) is 1.94. The van der Waals surface area contributed by atoms with Gasteiger partial charge in [0, 0.05) is 18.3 Å². The number of nitrogens with two attached hydrogens (primary N) is 1. The zero-order chi connectivity index (χ0) is 16.7. The minimum Gasteiger partial charge on any atom is -0.368 e. The fourth-order valence-electron chi connectivity index (χ4n) is 2.15. The Balaban J connectivity index is 1.75. The molecule has 0 saturated carbocycles. The van der Waals surface area contributed by atoms with Crippen LogP contribution in [-0.4, -0.2) is 27.8 Å². The molecule has 1 aromatic heterocycles. The second-order valence-corrected chi connectivity index (χ2v) is 5.39. The van der Waals surface area contributed by atoms with Gasteiger partial charge in [-0.05, 0) is 25.3 Å². The number of carbonyl (C=O) groups excluding carboxylic acids is 2. The molecule has 0 bridgehead atoms. The lowest BCUT2D eigenvalue weighted by Gasteiger charge is -2.13. The number of anilines is 1. The summed E-state index contributed by atoms with van der Waals surface area (Å²) in [6, 6.07) is 11.4. The van der Waals surface area contributed by atoms with Gasteiger partial charge in [-0.3, -0.25) is 14.8 Å². The van der Waals surface area contributed by atoms with Gasteiger partial charge in [0.25, 0.3) is 0 Å². The maximum Gasteiger partial charge on any atom is 0.320 e. The van der Waals surface area contributed by atoms with Crippen molar-refractivity contribution in [2.24, 2.45) is 5.73 Å². The largest absolute Gasteiger partial charge is 0.368 e. The molecule has 2 rings (SSSR count). The number of amides is 3. The molecule has 0 saturated heterocycles. The Morgan fingerprint density at radius 2 is 2.00 bits per heavy atom. The second-order valence-electron chi connectivity index (χ2n) is 5.39. The Bertz CT molecular complexity index is 654. The van der Waals surface area contributed by atoms with Crippen molar-refractivity contribution in [3.63, 3.8) is 0 Å². The number of hydrogen-bond donors (Lipinski definition) is 3. The lowest BCUT2D eigenvalue weighted by Crippen LogP contribution is -2.36. The van der Waals surface area contributed by atoms with Gasteiger partial charge in [-0.15, -0.1) is 0 Å². The molecule has 0 aliphatic heterocycles. The average Bonchev–Trinajstić information content (AvgIpc) is 2.92. The van der Waals surface area contributed by atoms with E-state index >= 15 is 0 Å². The molecule has 7 heteroatoms. The maximum absolute atomic E-state index is 11.9. The van der Waals surface area contributed by atoms with Crippen molar-refractivity contribution in [2.45, 2.75) is 32.4 Å². The van der Waals surface area contributed by atoms with Crippen molar-refractivity contribution < 1.29 is 9.59 Å². The molecule has 122 valence electrons.